The minimum atomic E-state index is -0.957. The molecule has 0 saturated carbocycles. The summed E-state index contributed by atoms with van der Waals surface area (Å²) in [5.74, 6) is -0.297. The molecule has 6 nitrogen and oxygen atoms in total. The largest absolute Gasteiger partial charge is 0.489 e. The van der Waals surface area contributed by atoms with Crippen LogP contribution in [0.15, 0.2) is 71.1 Å². The number of ether oxygens (including phenoxy) is 1. The van der Waals surface area contributed by atoms with Gasteiger partial charge in [-0.25, -0.2) is 4.79 Å². The maximum atomic E-state index is 13.1. The Morgan fingerprint density at radius 1 is 0.882 bits per heavy atom. The summed E-state index contributed by atoms with van der Waals surface area (Å²) in [6.45, 7) is 0.315. The van der Waals surface area contributed by atoms with E-state index >= 15 is 0 Å². The molecule has 0 amide bonds. The minimum absolute atomic E-state index is 0.146. The van der Waals surface area contributed by atoms with Crippen molar-refractivity contribution >= 4 is 17.5 Å². The summed E-state index contributed by atoms with van der Waals surface area (Å²) in [5, 5.41) is 9.03. The topological polar surface area (TPSA) is 83.9 Å². The molecule has 2 aliphatic carbocycles. The Hall–Kier alpha value is -3.67. The van der Waals surface area contributed by atoms with Gasteiger partial charge in [-0.3, -0.25) is 9.59 Å². The lowest BCUT2D eigenvalue weighted by molar-refractivity contribution is -0.117. The molecule has 1 N–H and O–H groups in total. The van der Waals surface area contributed by atoms with Crippen molar-refractivity contribution < 1.29 is 24.2 Å². The SMILES string of the molecule is CN1C2=C(C(=O)CCC2)C(c2ccc(OCc3ccc(C(=O)O)cc3)cc2)C2=C1CCCC2=O. The van der Waals surface area contributed by atoms with Crippen molar-refractivity contribution in [2.45, 2.75) is 51.0 Å². The summed E-state index contributed by atoms with van der Waals surface area (Å²) in [6, 6.07) is 14.3. The van der Waals surface area contributed by atoms with Gasteiger partial charge < -0.3 is 14.7 Å². The monoisotopic (exact) mass is 457 g/mol. The summed E-state index contributed by atoms with van der Waals surface area (Å²) in [5.41, 5.74) is 5.76. The summed E-state index contributed by atoms with van der Waals surface area (Å²) in [6.07, 6.45) is 4.49. The van der Waals surface area contributed by atoms with Gasteiger partial charge in [0.1, 0.15) is 12.4 Å². The molecule has 3 aliphatic rings. The third-order valence-electron chi connectivity index (χ3n) is 7.06. The number of nitrogens with zero attached hydrogens (tertiary/aromatic N) is 1. The van der Waals surface area contributed by atoms with Crippen molar-refractivity contribution in [3.8, 4) is 5.75 Å². The van der Waals surface area contributed by atoms with Crippen LogP contribution in [0.3, 0.4) is 0 Å². The van der Waals surface area contributed by atoms with Gasteiger partial charge in [-0.2, -0.15) is 0 Å². The first-order valence-electron chi connectivity index (χ1n) is 11.7. The molecule has 1 aliphatic heterocycles. The molecular weight excluding hydrogens is 430 g/mol. The van der Waals surface area contributed by atoms with Gasteiger partial charge >= 0.3 is 5.97 Å². The normalized spacial score (nSPS) is 18.7. The first-order chi connectivity index (χ1) is 16.4. The molecule has 34 heavy (non-hydrogen) atoms. The molecule has 174 valence electrons. The quantitative estimate of drug-likeness (QED) is 0.680. The Morgan fingerprint density at radius 2 is 1.44 bits per heavy atom. The van der Waals surface area contributed by atoms with Gasteiger partial charge in [-0.1, -0.05) is 24.3 Å². The van der Waals surface area contributed by atoms with Crippen LogP contribution in [0.1, 0.15) is 65.9 Å². The fourth-order valence-electron chi connectivity index (χ4n) is 5.35. The van der Waals surface area contributed by atoms with Gasteiger partial charge in [-0.05, 0) is 61.1 Å². The van der Waals surface area contributed by atoms with Crippen LogP contribution >= 0.6 is 0 Å². The van der Waals surface area contributed by atoms with E-state index in [2.05, 4.69) is 4.90 Å². The number of carbonyl (C=O) groups excluding carboxylic acids is 2. The lowest BCUT2D eigenvalue weighted by Gasteiger charge is -2.42. The zero-order valence-corrected chi connectivity index (χ0v) is 19.2. The second-order valence-corrected chi connectivity index (χ2v) is 9.13. The number of rotatable bonds is 5. The van der Waals surface area contributed by atoms with Gasteiger partial charge in [-0.15, -0.1) is 0 Å². The zero-order valence-electron chi connectivity index (χ0n) is 19.2. The maximum Gasteiger partial charge on any atom is 0.335 e. The third-order valence-corrected chi connectivity index (χ3v) is 7.06. The highest BCUT2D eigenvalue weighted by Gasteiger charge is 2.42. The van der Waals surface area contributed by atoms with Gasteiger partial charge in [0.25, 0.3) is 0 Å². The number of carbonyl (C=O) groups is 3. The number of aromatic carboxylic acids is 1. The van der Waals surface area contributed by atoms with Gasteiger partial charge in [0.05, 0.1) is 5.56 Å². The summed E-state index contributed by atoms with van der Waals surface area (Å²) in [4.78, 5) is 39.2. The number of carboxylic acid groups (broad SMARTS) is 1. The Labute approximate surface area is 198 Å². The second-order valence-electron chi connectivity index (χ2n) is 9.13. The number of hydrogen-bond donors (Lipinski definition) is 1. The smallest absolute Gasteiger partial charge is 0.335 e. The van der Waals surface area contributed by atoms with Crippen molar-refractivity contribution in [1.29, 1.82) is 0 Å². The average Bonchev–Trinajstić information content (AvgIpc) is 2.85. The van der Waals surface area contributed by atoms with Crippen LogP contribution < -0.4 is 4.74 Å². The Balaban J connectivity index is 1.42. The van der Waals surface area contributed by atoms with E-state index in [4.69, 9.17) is 9.84 Å². The highest BCUT2D eigenvalue weighted by molar-refractivity contribution is 6.06. The molecule has 0 aromatic heterocycles. The maximum absolute atomic E-state index is 13.1. The molecule has 2 aromatic carbocycles. The number of benzene rings is 2. The van der Waals surface area contributed by atoms with E-state index in [-0.39, 0.29) is 23.0 Å². The predicted octanol–water partition coefficient (Wildman–Crippen LogP) is 5.01. The van der Waals surface area contributed by atoms with Gasteiger partial charge in [0.2, 0.25) is 0 Å². The average molecular weight is 458 g/mol. The molecule has 0 unspecified atom stereocenters. The highest BCUT2D eigenvalue weighted by atomic mass is 16.5. The van der Waals surface area contributed by atoms with E-state index in [1.54, 1.807) is 24.3 Å². The van der Waals surface area contributed by atoms with Crippen LogP contribution in [-0.4, -0.2) is 34.6 Å². The molecule has 0 bridgehead atoms. The molecule has 0 radical (unpaired) electrons. The van der Waals surface area contributed by atoms with E-state index in [1.165, 1.54) is 0 Å². The molecule has 0 spiro atoms. The summed E-state index contributed by atoms with van der Waals surface area (Å²) < 4.78 is 5.89. The van der Waals surface area contributed by atoms with Crippen molar-refractivity contribution in [2.24, 2.45) is 0 Å². The summed E-state index contributed by atoms with van der Waals surface area (Å²) in [7, 11) is 2.00. The van der Waals surface area contributed by atoms with Crippen molar-refractivity contribution in [3.05, 3.63) is 87.8 Å². The zero-order chi connectivity index (χ0) is 23.8. The van der Waals surface area contributed by atoms with Crippen LogP contribution in [-0.2, 0) is 16.2 Å². The van der Waals surface area contributed by atoms with Crippen LogP contribution in [0.25, 0.3) is 0 Å². The van der Waals surface area contributed by atoms with E-state index in [9.17, 15) is 14.4 Å². The number of ketones is 2. The molecule has 2 aromatic rings. The fraction of sp³-hybridized carbons (Fsp3) is 0.321. The number of allylic oxidation sites excluding steroid dienone is 4. The first kappa shape index (κ1) is 22.1. The molecule has 0 saturated heterocycles. The fourth-order valence-corrected chi connectivity index (χ4v) is 5.35. The molecule has 0 fully saturated rings. The predicted molar refractivity (Wildman–Crippen MR) is 126 cm³/mol. The van der Waals surface area contributed by atoms with E-state index in [0.717, 1.165) is 59.4 Å². The van der Waals surface area contributed by atoms with Crippen LogP contribution in [0.4, 0.5) is 0 Å². The number of Topliss-reactive ketones (excluding diaryl/α,β-unsaturated/α-hetero) is 2. The summed E-state index contributed by atoms with van der Waals surface area (Å²) >= 11 is 0. The lowest BCUT2D eigenvalue weighted by atomic mass is 9.71. The van der Waals surface area contributed by atoms with Crippen molar-refractivity contribution in [3.63, 3.8) is 0 Å². The molecule has 1 heterocycles. The van der Waals surface area contributed by atoms with Gasteiger partial charge in [0.15, 0.2) is 11.6 Å². The second kappa shape index (κ2) is 8.93. The van der Waals surface area contributed by atoms with Gasteiger partial charge in [0, 0.05) is 48.3 Å². The van der Waals surface area contributed by atoms with Crippen molar-refractivity contribution in [1.82, 2.24) is 4.90 Å². The molecule has 0 atom stereocenters. The first-order valence-corrected chi connectivity index (χ1v) is 11.7. The minimum Gasteiger partial charge on any atom is -0.489 e. The number of hydrogen-bond acceptors (Lipinski definition) is 5. The Morgan fingerprint density at radius 3 is 1.97 bits per heavy atom. The standard InChI is InChI=1S/C28H27NO5/c1-29-21-4-2-6-23(30)26(21)25(27-22(29)5-3-7-24(27)31)18-12-14-20(15-13-18)34-16-17-8-10-19(11-9-17)28(32)33/h8-15,25H,2-7,16H2,1H3,(H,32,33). The van der Waals surface area contributed by atoms with Crippen molar-refractivity contribution in [2.75, 3.05) is 7.05 Å². The Kier molecular flexibility index (Phi) is 5.82. The molecule has 5 rings (SSSR count). The number of carboxylic acids is 1. The molecule has 6 heteroatoms. The van der Waals surface area contributed by atoms with Crippen LogP contribution in [0.2, 0.25) is 0 Å². The third kappa shape index (κ3) is 3.94. The van der Waals surface area contributed by atoms with E-state index in [1.807, 2.05) is 31.3 Å². The van der Waals surface area contributed by atoms with E-state index in [0.29, 0.717) is 25.2 Å². The lowest BCUT2D eigenvalue weighted by Crippen LogP contribution is -2.37. The molecular formula is C28H27NO5. The highest BCUT2D eigenvalue weighted by Crippen LogP contribution is 2.48. The Bertz CT molecular complexity index is 1180. The van der Waals surface area contributed by atoms with E-state index < -0.39 is 5.97 Å². The van der Waals surface area contributed by atoms with Crippen LogP contribution in [0.5, 0.6) is 5.75 Å². The van der Waals surface area contributed by atoms with Crippen LogP contribution in [0, 0.1) is 0 Å².